The van der Waals surface area contributed by atoms with Crippen LogP contribution in [-0.2, 0) is 4.79 Å². The first-order valence-electron chi connectivity index (χ1n) is 7.73. The summed E-state index contributed by atoms with van der Waals surface area (Å²) >= 11 is 0. The van der Waals surface area contributed by atoms with Gasteiger partial charge in [-0.2, -0.15) is 5.26 Å². The monoisotopic (exact) mass is 324 g/mol. The molecule has 124 valence electrons. The van der Waals surface area contributed by atoms with Crippen molar-refractivity contribution in [2.75, 3.05) is 6.61 Å². The van der Waals surface area contributed by atoms with E-state index in [1.54, 1.807) is 13.0 Å². The second kappa shape index (κ2) is 7.14. The van der Waals surface area contributed by atoms with Gasteiger partial charge in [0.1, 0.15) is 11.3 Å². The molecule has 0 spiro atoms. The number of carbonyl (C=O) groups is 2. The average Bonchev–Trinajstić information content (AvgIpc) is 2.58. The Bertz CT molecular complexity index is 808. The molecule has 0 aliphatic rings. The van der Waals surface area contributed by atoms with E-state index in [2.05, 4.69) is 11.4 Å². The van der Waals surface area contributed by atoms with Crippen molar-refractivity contribution >= 4 is 23.0 Å². The minimum Gasteiger partial charge on any atom is -0.483 e. The molecule has 2 aromatic rings. The molecule has 5 nitrogen and oxygen atoms in total. The SMILES string of the molecule is CC(C)[C@@](C)(C#N)NC(=O)COc1ccc2ccccc2c1C=O. The van der Waals surface area contributed by atoms with E-state index in [0.29, 0.717) is 11.3 Å². The van der Waals surface area contributed by atoms with Crippen LogP contribution >= 0.6 is 0 Å². The molecule has 5 heteroatoms. The Labute approximate surface area is 141 Å². The Morgan fingerprint density at radius 2 is 2.04 bits per heavy atom. The molecule has 0 saturated heterocycles. The van der Waals surface area contributed by atoms with Crippen LogP contribution in [0.4, 0.5) is 0 Å². The van der Waals surface area contributed by atoms with Gasteiger partial charge in [0.2, 0.25) is 0 Å². The molecule has 0 heterocycles. The summed E-state index contributed by atoms with van der Waals surface area (Å²) in [5.41, 5.74) is -0.551. The maximum absolute atomic E-state index is 12.1. The average molecular weight is 324 g/mol. The molecule has 0 aliphatic heterocycles. The fourth-order valence-electron chi connectivity index (χ4n) is 2.29. The second-order valence-corrected chi connectivity index (χ2v) is 6.12. The minimum atomic E-state index is -0.961. The lowest BCUT2D eigenvalue weighted by molar-refractivity contribution is -0.124. The van der Waals surface area contributed by atoms with Crippen LogP contribution in [0.5, 0.6) is 5.75 Å². The molecule has 0 aromatic heterocycles. The van der Waals surface area contributed by atoms with Crippen LogP contribution in [0.15, 0.2) is 36.4 Å². The quantitative estimate of drug-likeness (QED) is 0.828. The van der Waals surface area contributed by atoms with Gasteiger partial charge in [-0.15, -0.1) is 0 Å². The lowest BCUT2D eigenvalue weighted by Gasteiger charge is -2.27. The molecule has 1 N–H and O–H groups in total. The van der Waals surface area contributed by atoms with Crippen molar-refractivity contribution in [2.45, 2.75) is 26.3 Å². The van der Waals surface area contributed by atoms with Crippen LogP contribution < -0.4 is 10.1 Å². The molecule has 1 amide bonds. The summed E-state index contributed by atoms with van der Waals surface area (Å²) < 4.78 is 5.52. The van der Waals surface area contributed by atoms with Crippen LogP contribution in [-0.4, -0.2) is 24.3 Å². The Morgan fingerprint density at radius 3 is 2.67 bits per heavy atom. The molecule has 0 bridgehead atoms. The Morgan fingerprint density at radius 1 is 1.33 bits per heavy atom. The molecule has 0 aliphatic carbocycles. The van der Waals surface area contributed by atoms with E-state index in [4.69, 9.17) is 4.74 Å². The molecule has 24 heavy (non-hydrogen) atoms. The summed E-state index contributed by atoms with van der Waals surface area (Å²) in [4.78, 5) is 23.5. The number of hydrogen-bond acceptors (Lipinski definition) is 4. The number of amides is 1. The van der Waals surface area contributed by atoms with Gasteiger partial charge < -0.3 is 10.1 Å². The Balaban J connectivity index is 2.15. The van der Waals surface area contributed by atoms with Crippen LogP contribution in [0, 0.1) is 17.2 Å². The number of nitriles is 1. The van der Waals surface area contributed by atoms with E-state index < -0.39 is 11.4 Å². The maximum atomic E-state index is 12.1. The van der Waals surface area contributed by atoms with Gasteiger partial charge in [-0.1, -0.05) is 44.2 Å². The summed E-state index contributed by atoms with van der Waals surface area (Å²) in [6.07, 6.45) is 0.725. The van der Waals surface area contributed by atoms with Crippen molar-refractivity contribution in [3.8, 4) is 11.8 Å². The lowest BCUT2D eigenvalue weighted by Crippen LogP contribution is -2.50. The highest BCUT2D eigenvalue weighted by Crippen LogP contribution is 2.26. The van der Waals surface area contributed by atoms with Crippen molar-refractivity contribution in [3.63, 3.8) is 0 Å². The molecule has 1 atom stereocenters. The molecular formula is C19H20N2O3. The third-order valence-corrected chi connectivity index (χ3v) is 4.19. The van der Waals surface area contributed by atoms with Crippen LogP contribution in [0.1, 0.15) is 31.1 Å². The number of nitrogens with one attached hydrogen (secondary N) is 1. The van der Waals surface area contributed by atoms with Crippen molar-refractivity contribution in [1.29, 1.82) is 5.26 Å². The van der Waals surface area contributed by atoms with E-state index in [1.165, 1.54) is 0 Å². The maximum Gasteiger partial charge on any atom is 0.259 e. The molecular weight excluding hydrogens is 304 g/mol. The topological polar surface area (TPSA) is 79.2 Å². The number of ether oxygens (including phenoxy) is 1. The predicted molar refractivity (Wildman–Crippen MR) is 91.8 cm³/mol. The molecule has 2 rings (SSSR count). The highest BCUT2D eigenvalue weighted by Gasteiger charge is 2.30. The van der Waals surface area contributed by atoms with E-state index in [0.717, 1.165) is 17.1 Å². The highest BCUT2D eigenvalue weighted by molar-refractivity contribution is 6.00. The number of nitrogens with zero attached hydrogens (tertiary/aromatic N) is 1. The first-order valence-corrected chi connectivity index (χ1v) is 7.73. The van der Waals surface area contributed by atoms with Gasteiger partial charge in [-0.3, -0.25) is 9.59 Å². The smallest absolute Gasteiger partial charge is 0.259 e. The number of hydrogen-bond donors (Lipinski definition) is 1. The number of aldehydes is 1. The van der Waals surface area contributed by atoms with Crippen LogP contribution in [0.25, 0.3) is 10.8 Å². The molecule has 0 unspecified atom stereocenters. The van der Waals surface area contributed by atoms with Gasteiger partial charge >= 0.3 is 0 Å². The summed E-state index contributed by atoms with van der Waals surface area (Å²) in [6.45, 7) is 5.13. The third-order valence-electron chi connectivity index (χ3n) is 4.19. The van der Waals surface area contributed by atoms with Crippen molar-refractivity contribution < 1.29 is 14.3 Å². The second-order valence-electron chi connectivity index (χ2n) is 6.12. The van der Waals surface area contributed by atoms with Gasteiger partial charge in [0.05, 0.1) is 11.6 Å². The summed E-state index contributed by atoms with van der Waals surface area (Å²) in [5, 5.41) is 13.6. The zero-order chi connectivity index (χ0) is 17.7. The number of carbonyl (C=O) groups excluding carboxylic acids is 2. The Hall–Kier alpha value is -2.87. The lowest BCUT2D eigenvalue weighted by atomic mass is 9.90. The van der Waals surface area contributed by atoms with E-state index in [1.807, 2.05) is 44.2 Å². The summed E-state index contributed by atoms with van der Waals surface area (Å²) in [6, 6.07) is 13.1. The largest absolute Gasteiger partial charge is 0.483 e. The molecule has 0 radical (unpaired) electrons. The fraction of sp³-hybridized carbons (Fsp3) is 0.316. The third kappa shape index (κ3) is 3.54. The van der Waals surface area contributed by atoms with Gasteiger partial charge in [-0.25, -0.2) is 0 Å². The van der Waals surface area contributed by atoms with Gasteiger partial charge in [-0.05, 0) is 29.7 Å². The van der Waals surface area contributed by atoms with Crippen molar-refractivity contribution in [3.05, 3.63) is 42.0 Å². The molecule has 0 fully saturated rings. The normalized spacial score (nSPS) is 13.1. The zero-order valence-corrected chi connectivity index (χ0v) is 14.0. The van der Waals surface area contributed by atoms with E-state index >= 15 is 0 Å². The zero-order valence-electron chi connectivity index (χ0n) is 14.0. The number of fused-ring (bicyclic) bond motifs is 1. The van der Waals surface area contributed by atoms with Crippen molar-refractivity contribution in [2.24, 2.45) is 5.92 Å². The first-order chi connectivity index (χ1) is 11.4. The van der Waals surface area contributed by atoms with Gasteiger partial charge in [0.15, 0.2) is 12.9 Å². The summed E-state index contributed by atoms with van der Waals surface area (Å²) in [5.74, 6) is -0.0996. The fourth-order valence-corrected chi connectivity index (χ4v) is 2.29. The van der Waals surface area contributed by atoms with Crippen LogP contribution in [0.3, 0.4) is 0 Å². The highest BCUT2D eigenvalue weighted by atomic mass is 16.5. The number of benzene rings is 2. The molecule has 0 saturated carbocycles. The van der Waals surface area contributed by atoms with Crippen molar-refractivity contribution in [1.82, 2.24) is 5.32 Å². The van der Waals surface area contributed by atoms with Gasteiger partial charge in [0, 0.05) is 0 Å². The van der Waals surface area contributed by atoms with Crippen LogP contribution in [0.2, 0.25) is 0 Å². The van der Waals surface area contributed by atoms with Gasteiger partial charge in [0.25, 0.3) is 5.91 Å². The summed E-state index contributed by atoms with van der Waals surface area (Å²) in [7, 11) is 0. The Kier molecular flexibility index (Phi) is 5.20. The first kappa shape index (κ1) is 17.5. The van der Waals surface area contributed by atoms with E-state index in [9.17, 15) is 14.9 Å². The molecule has 2 aromatic carbocycles. The van der Waals surface area contributed by atoms with E-state index in [-0.39, 0.29) is 12.5 Å². The predicted octanol–water partition coefficient (Wildman–Crippen LogP) is 3.09. The standard InChI is InChI=1S/C19H20N2O3/c1-13(2)19(3,12-20)21-18(23)11-24-17-9-8-14-6-4-5-7-15(14)16(17)10-22/h4-10,13H,11H2,1-3H3,(H,21,23)/t19-/m1/s1. The number of rotatable bonds is 6. The minimum absolute atomic E-state index is 0.0438.